The highest BCUT2D eigenvalue weighted by Gasteiger charge is 2.11. The number of rotatable bonds is 14. The molecule has 0 heterocycles. The van der Waals surface area contributed by atoms with Gasteiger partial charge in [-0.1, -0.05) is 60.7 Å². The fraction of sp³-hybridized carbons (Fsp3) is 0.125. The zero-order valence-electron chi connectivity index (χ0n) is 21.8. The number of carbonyl (C=O) groups is 2. The van der Waals surface area contributed by atoms with Crippen molar-refractivity contribution in [2.75, 3.05) is 13.2 Å². The Kier molecular flexibility index (Phi) is 9.77. The number of hydrogen-bond acceptors (Lipinski definition) is 6. The first-order valence-electron chi connectivity index (χ1n) is 12.6. The van der Waals surface area contributed by atoms with Crippen LogP contribution >= 0.6 is 0 Å². The summed E-state index contributed by atoms with van der Waals surface area (Å²) in [4.78, 5) is 23.3. The molecule has 0 aliphatic carbocycles. The predicted molar refractivity (Wildman–Crippen MR) is 152 cm³/mol. The van der Waals surface area contributed by atoms with Crippen LogP contribution in [-0.2, 0) is 13.2 Å². The normalized spacial score (nSPS) is 10.7. The van der Waals surface area contributed by atoms with E-state index >= 15 is 0 Å². The number of primary amides is 2. The molecule has 4 aromatic carbocycles. The molecule has 8 heteroatoms. The molecular formula is C32H30N2O6. The minimum absolute atomic E-state index is 0.218. The summed E-state index contributed by atoms with van der Waals surface area (Å²) in [6.07, 6.45) is 3.73. The number of ether oxygens (including phenoxy) is 4. The summed E-state index contributed by atoms with van der Waals surface area (Å²) in [5.41, 5.74) is 13.2. The third-order valence-electron chi connectivity index (χ3n) is 5.85. The van der Waals surface area contributed by atoms with Crippen LogP contribution in [0.3, 0.4) is 0 Å². The molecule has 0 radical (unpaired) electrons. The van der Waals surface area contributed by atoms with Gasteiger partial charge in [0.25, 0.3) is 11.8 Å². The van der Waals surface area contributed by atoms with Crippen LogP contribution in [-0.4, -0.2) is 25.0 Å². The van der Waals surface area contributed by atoms with Gasteiger partial charge in [-0.05, 0) is 48.6 Å². The van der Waals surface area contributed by atoms with Crippen LogP contribution in [0.2, 0.25) is 0 Å². The largest absolute Gasteiger partial charge is 0.489 e. The molecule has 0 atom stereocenters. The van der Waals surface area contributed by atoms with Crippen LogP contribution in [0.4, 0.5) is 0 Å². The van der Waals surface area contributed by atoms with E-state index in [1.807, 2.05) is 60.7 Å². The van der Waals surface area contributed by atoms with Crippen molar-refractivity contribution < 1.29 is 28.5 Å². The summed E-state index contributed by atoms with van der Waals surface area (Å²) in [6.45, 7) is 1.09. The summed E-state index contributed by atoms with van der Waals surface area (Å²) in [6, 6.07) is 28.7. The molecule has 0 saturated heterocycles. The van der Waals surface area contributed by atoms with Gasteiger partial charge in [0, 0.05) is 11.1 Å². The maximum absolute atomic E-state index is 11.6. The Morgan fingerprint density at radius 1 is 0.500 bits per heavy atom. The Labute approximate surface area is 232 Å². The van der Waals surface area contributed by atoms with Crippen LogP contribution in [0, 0.1) is 0 Å². The van der Waals surface area contributed by atoms with Crippen LogP contribution in [0.25, 0.3) is 0 Å². The lowest BCUT2D eigenvalue weighted by molar-refractivity contribution is 0.0987. The summed E-state index contributed by atoms with van der Waals surface area (Å²) in [5.74, 6) is 1.09. The minimum Gasteiger partial charge on any atom is -0.489 e. The summed E-state index contributed by atoms with van der Waals surface area (Å²) in [5, 5.41) is 0. The van der Waals surface area contributed by atoms with E-state index in [0.717, 1.165) is 11.1 Å². The lowest BCUT2D eigenvalue weighted by atomic mass is 10.2. The molecule has 204 valence electrons. The van der Waals surface area contributed by atoms with E-state index in [1.54, 1.807) is 48.5 Å². The monoisotopic (exact) mass is 538 g/mol. The highest BCUT2D eigenvalue weighted by Crippen LogP contribution is 2.24. The summed E-state index contributed by atoms with van der Waals surface area (Å²) < 4.78 is 23.5. The van der Waals surface area contributed by atoms with Crippen LogP contribution in [0.15, 0.2) is 109 Å². The molecular weight excluding hydrogens is 508 g/mol. The van der Waals surface area contributed by atoms with Crippen molar-refractivity contribution in [3.8, 4) is 23.0 Å². The van der Waals surface area contributed by atoms with Crippen LogP contribution in [0.5, 0.6) is 23.0 Å². The third-order valence-corrected chi connectivity index (χ3v) is 5.85. The molecule has 2 amide bonds. The Balaban J connectivity index is 1.27. The fourth-order valence-electron chi connectivity index (χ4n) is 3.84. The molecule has 0 aliphatic heterocycles. The Bertz CT molecular complexity index is 1370. The lowest BCUT2D eigenvalue weighted by Crippen LogP contribution is -2.13. The van der Waals surface area contributed by atoms with Crippen LogP contribution in [0.1, 0.15) is 31.8 Å². The molecule has 0 unspecified atom stereocenters. The van der Waals surface area contributed by atoms with E-state index in [9.17, 15) is 9.59 Å². The first-order chi connectivity index (χ1) is 19.5. The molecule has 0 aliphatic rings. The Morgan fingerprint density at radius 3 is 1.25 bits per heavy atom. The highest BCUT2D eigenvalue weighted by atomic mass is 16.5. The SMILES string of the molecule is NC(=O)c1ccccc1OCc1ccccc1OC/C=C/COc1ccccc1COc1ccccc1C(N)=O. The number of para-hydroxylation sites is 4. The molecule has 4 aromatic rings. The van der Waals surface area contributed by atoms with E-state index < -0.39 is 11.8 Å². The smallest absolute Gasteiger partial charge is 0.252 e. The molecule has 4 N–H and O–H groups in total. The van der Waals surface area contributed by atoms with Gasteiger partial charge in [-0.25, -0.2) is 0 Å². The van der Waals surface area contributed by atoms with Gasteiger partial charge in [0.1, 0.15) is 49.4 Å². The Morgan fingerprint density at radius 2 is 0.850 bits per heavy atom. The summed E-state index contributed by atoms with van der Waals surface area (Å²) in [7, 11) is 0. The molecule has 0 saturated carbocycles. The molecule has 8 nitrogen and oxygen atoms in total. The first-order valence-corrected chi connectivity index (χ1v) is 12.6. The average Bonchev–Trinajstić information content (AvgIpc) is 2.98. The van der Waals surface area contributed by atoms with E-state index in [4.69, 9.17) is 30.4 Å². The van der Waals surface area contributed by atoms with Crippen LogP contribution < -0.4 is 30.4 Å². The first kappa shape index (κ1) is 27.8. The average molecular weight is 539 g/mol. The third kappa shape index (κ3) is 7.64. The van der Waals surface area contributed by atoms with Gasteiger partial charge in [0.15, 0.2) is 0 Å². The van der Waals surface area contributed by atoms with Gasteiger partial charge >= 0.3 is 0 Å². The van der Waals surface area contributed by atoms with Gasteiger partial charge in [0.05, 0.1) is 11.1 Å². The van der Waals surface area contributed by atoms with Gasteiger partial charge in [-0.15, -0.1) is 0 Å². The van der Waals surface area contributed by atoms with E-state index in [1.165, 1.54) is 0 Å². The second kappa shape index (κ2) is 14.1. The number of carbonyl (C=O) groups excluding carboxylic acids is 2. The lowest BCUT2D eigenvalue weighted by Gasteiger charge is -2.13. The molecule has 4 rings (SSSR count). The van der Waals surface area contributed by atoms with Crippen molar-refractivity contribution in [2.45, 2.75) is 13.2 Å². The molecule has 40 heavy (non-hydrogen) atoms. The molecule has 0 aromatic heterocycles. The van der Waals surface area contributed by atoms with Gasteiger partial charge in [-0.3, -0.25) is 9.59 Å². The summed E-state index contributed by atoms with van der Waals surface area (Å²) >= 11 is 0. The van der Waals surface area contributed by atoms with E-state index in [0.29, 0.717) is 47.3 Å². The zero-order valence-corrected chi connectivity index (χ0v) is 21.8. The topological polar surface area (TPSA) is 123 Å². The van der Waals surface area contributed by atoms with Crippen molar-refractivity contribution in [2.24, 2.45) is 11.5 Å². The maximum Gasteiger partial charge on any atom is 0.252 e. The van der Waals surface area contributed by atoms with Crippen molar-refractivity contribution in [1.29, 1.82) is 0 Å². The van der Waals surface area contributed by atoms with Crippen molar-refractivity contribution >= 4 is 11.8 Å². The van der Waals surface area contributed by atoms with Gasteiger partial charge in [-0.2, -0.15) is 0 Å². The Hall–Kier alpha value is -5.24. The number of nitrogens with two attached hydrogens (primary N) is 2. The van der Waals surface area contributed by atoms with E-state index in [-0.39, 0.29) is 13.2 Å². The van der Waals surface area contributed by atoms with Crippen molar-refractivity contribution in [3.05, 3.63) is 131 Å². The molecule has 0 bridgehead atoms. The molecule has 0 fully saturated rings. The zero-order chi connectivity index (χ0) is 28.2. The van der Waals surface area contributed by atoms with Crippen molar-refractivity contribution in [3.63, 3.8) is 0 Å². The highest BCUT2D eigenvalue weighted by molar-refractivity contribution is 5.96. The molecule has 0 spiro atoms. The van der Waals surface area contributed by atoms with E-state index in [2.05, 4.69) is 0 Å². The minimum atomic E-state index is -0.545. The maximum atomic E-state index is 11.6. The van der Waals surface area contributed by atoms with Gasteiger partial charge < -0.3 is 30.4 Å². The quantitative estimate of drug-likeness (QED) is 0.217. The van der Waals surface area contributed by atoms with Crippen molar-refractivity contribution in [1.82, 2.24) is 0 Å². The number of amides is 2. The fourth-order valence-corrected chi connectivity index (χ4v) is 3.84. The second-order valence-corrected chi connectivity index (χ2v) is 8.61. The number of hydrogen-bond donors (Lipinski definition) is 2. The second-order valence-electron chi connectivity index (χ2n) is 8.61. The predicted octanol–water partition coefficient (Wildman–Crippen LogP) is 5.06. The number of benzene rings is 4. The standard InChI is InChI=1S/C32H30N2O6/c33-31(35)25-13-3-7-17-29(25)39-21-23-11-1-5-15-27(23)37-19-9-10-20-38-28-16-6-2-12-24(28)22-40-30-18-8-4-14-26(30)32(34)36/h1-18H,19-22H2,(H2,33,35)(H2,34,36)/b10-9+. The van der Waals surface area contributed by atoms with Gasteiger partial charge in [0.2, 0.25) is 0 Å².